The normalized spacial score (nSPS) is 14.1. The fourth-order valence-electron chi connectivity index (χ4n) is 6.16. The molecule has 0 atom stereocenters. The Balaban J connectivity index is 0.000000188. The molecule has 0 aliphatic heterocycles. The lowest BCUT2D eigenvalue weighted by Crippen LogP contribution is -2.49. The zero-order valence-electron chi connectivity index (χ0n) is 33.8. The molecule has 23 heteroatoms. The van der Waals surface area contributed by atoms with Gasteiger partial charge in [-0.2, -0.15) is 64.8 Å². The summed E-state index contributed by atoms with van der Waals surface area (Å²) in [7, 11) is -19.3. The van der Waals surface area contributed by atoms with Crippen molar-refractivity contribution in [2.45, 2.75) is 61.8 Å². The van der Waals surface area contributed by atoms with Crippen LogP contribution >= 0.6 is 0 Å². The van der Waals surface area contributed by atoms with Gasteiger partial charge in [0.1, 0.15) is 30.5 Å². The third-order valence-electron chi connectivity index (χ3n) is 9.28. The van der Waals surface area contributed by atoms with Gasteiger partial charge < -0.3 is 13.7 Å². The SMILES string of the molecule is O=C1CCCc2cc(OCc3ccccc3)ccc21.O=S(=O)(N(c1ccccc1)S(=O)(=O)C(F)(F)F)C(F)(F)F.O=S(=O)(OC1=CCCc2cc(OCc3ccccc3)ccc21)C(F)(F)F. The van der Waals surface area contributed by atoms with Crippen molar-refractivity contribution in [2.24, 2.45) is 0 Å². The lowest BCUT2D eigenvalue weighted by Gasteiger charge is -2.25. The third kappa shape index (κ3) is 12.6. The number of Topliss-reactive ketones (excluding diaryl/α,β-unsaturated/α-hetero) is 1. The van der Waals surface area contributed by atoms with Crippen LogP contribution < -0.4 is 13.2 Å². The van der Waals surface area contributed by atoms with Gasteiger partial charge >= 0.3 is 46.7 Å². The van der Waals surface area contributed by atoms with Crippen LogP contribution in [0.2, 0.25) is 0 Å². The molecule has 5 aromatic carbocycles. The number of ether oxygens (including phenoxy) is 2. The monoisotopic (exact) mass is 993 g/mol. The van der Waals surface area contributed by atoms with Gasteiger partial charge in [0.05, 0.1) is 5.69 Å². The molecule has 0 radical (unpaired) electrons. The second kappa shape index (κ2) is 20.6. The number of hydrogen-bond acceptors (Lipinski definition) is 10. The first-order valence-electron chi connectivity index (χ1n) is 19.1. The summed E-state index contributed by atoms with van der Waals surface area (Å²) in [5, 5.41) is 0. The number of carbonyl (C=O) groups excluding carboxylic acids is 1. The Kier molecular flexibility index (Phi) is 15.9. The predicted octanol–water partition coefficient (Wildman–Crippen LogP) is 10.4. The van der Waals surface area contributed by atoms with E-state index in [2.05, 4.69) is 4.18 Å². The molecule has 0 amide bonds. The van der Waals surface area contributed by atoms with E-state index in [9.17, 15) is 69.6 Å². The predicted molar refractivity (Wildman–Crippen MR) is 223 cm³/mol. The van der Waals surface area contributed by atoms with Gasteiger partial charge in [0, 0.05) is 17.5 Å². The van der Waals surface area contributed by atoms with E-state index in [4.69, 9.17) is 9.47 Å². The molecule has 2 aliphatic carbocycles. The Labute approximate surface area is 373 Å². The average molecular weight is 994 g/mol. The first-order chi connectivity index (χ1) is 30.8. The number of halogens is 9. The Morgan fingerprint density at radius 3 is 1.41 bits per heavy atom. The van der Waals surface area contributed by atoms with Crippen molar-refractivity contribution in [3.05, 3.63) is 167 Å². The van der Waals surface area contributed by atoms with Gasteiger partial charge in [-0.1, -0.05) is 78.9 Å². The number of fused-ring (bicyclic) bond motifs is 2. The highest BCUT2D eigenvalue weighted by Crippen LogP contribution is 2.39. The van der Waals surface area contributed by atoms with Crippen molar-refractivity contribution in [3.8, 4) is 11.5 Å². The number of alkyl halides is 9. The molecular weight excluding hydrogens is 958 g/mol. The summed E-state index contributed by atoms with van der Waals surface area (Å²) in [5.41, 5.74) is -14.1. The van der Waals surface area contributed by atoms with Crippen molar-refractivity contribution >= 4 is 47.4 Å². The number of allylic oxidation sites excluding steroid dienone is 1. The molecule has 0 heterocycles. The van der Waals surface area contributed by atoms with E-state index in [0.29, 0.717) is 61.5 Å². The highest BCUT2D eigenvalue weighted by atomic mass is 32.3. The van der Waals surface area contributed by atoms with Crippen LogP contribution in [0.15, 0.2) is 133 Å². The highest BCUT2D eigenvalue weighted by molar-refractivity contribution is 8.11. The zero-order valence-corrected chi connectivity index (χ0v) is 36.3. The van der Waals surface area contributed by atoms with Crippen molar-refractivity contribution in [2.75, 3.05) is 3.71 Å². The van der Waals surface area contributed by atoms with Crippen molar-refractivity contribution < 1.29 is 83.2 Å². The summed E-state index contributed by atoms with van der Waals surface area (Å²) < 4.78 is 193. The minimum Gasteiger partial charge on any atom is -0.489 e. The van der Waals surface area contributed by atoms with Crippen LogP contribution in [0.1, 0.15) is 57.4 Å². The molecule has 0 unspecified atom stereocenters. The number of carbonyl (C=O) groups is 1. The topological polar surface area (TPSA) is 150 Å². The van der Waals surface area contributed by atoms with E-state index in [-0.39, 0.29) is 11.5 Å². The number of sulfonamides is 2. The second-order valence-corrected chi connectivity index (χ2v) is 19.3. The zero-order chi connectivity index (χ0) is 48.6. The molecule has 0 spiro atoms. The van der Waals surface area contributed by atoms with E-state index in [1.54, 1.807) is 12.1 Å². The molecule has 0 bridgehead atoms. The van der Waals surface area contributed by atoms with Crippen molar-refractivity contribution in [3.63, 3.8) is 0 Å². The van der Waals surface area contributed by atoms with Crippen molar-refractivity contribution in [1.29, 1.82) is 0 Å². The molecular formula is C43H36F9NO10S3. The number of rotatable bonds is 11. The first-order valence-corrected chi connectivity index (χ1v) is 23.4. The summed E-state index contributed by atoms with van der Waals surface area (Å²) in [6.45, 7) is 0.912. The van der Waals surface area contributed by atoms with Gasteiger partial charge in [-0.05, 0) is 103 Å². The highest BCUT2D eigenvalue weighted by Gasteiger charge is 2.61. The number of aryl methyl sites for hydroxylation is 2. The minimum absolute atomic E-state index is 0.260. The van der Waals surface area contributed by atoms with Crippen LogP contribution in [0, 0.1) is 0 Å². The Hall–Kier alpha value is -6.07. The van der Waals surface area contributed by atoms with Crippen LogP contribution in [0.25, 0.3) is 5.76 Å². The van der Waals surface area contributed by atoms with Gasteiger partial charge in [0.15, 0.2) is 5.78 Å². The number of ketones is 1. The molecule has 0 saturated carbocycles. The van der Waals surface area contributed by atoms with Gasteiger partial charge in [-0.25, -0.2) is 0 Å². The molecule has 2 aliphatic rings. The number of benzene rings is 5. The molecule has 0 saturated heterocycles. The maximum atomic E-state index is 12.5. The number of hydrogen-bond donors (Lipinski definition) is 0. The summed E-state index contributed by atoms with van der Waals surface area (Å²) in [5.74, 6) is 1.35. The lowest BCUT2D eigenvalue weighted by atomic mass is 9.90. The Morgan fingerprint density at radius 2 is 0.955 bits per heavy atom. The van der Waals surface area contributed by atoms with Crippen molar-refractivity contribution in [1.82, 2.24) is 0 Å². The Bertz CT molecular complexity index is 2800. The lowest BCUT2D eigenvalue weighted by molar-refractivity contribution is -0.0510. The standard InChI is InChI=1S/C18H15F3O4S.C17H16O2.C8H5F6NO4S2/c19-18(20,21)26(22,23)25-17-8-4-7-14-11-15(9-10-16(14)17)24-12-13-5-2-1-3-6-13;18-17-8-4-7-14-11-15(9-10-16(14)17)19-12-13-5-2-1-3-6-13;9-7(10,11)20(16,17)15(6-4-2-1-3-5-6)21(18,19)8(12,13)14/h1-3,5-6,8-11H,4,7,12H2;1-3,5-6,9-11H,4,7-8,12H2;1-5H. The van der Waals surface area contributed by atoms with Gasteiger partial charge in [-0.3, -0.25) is 4.79 Å². The molecule has 0 fully saturated rings. The van der Waals surface area contributed by atoms with Gasteiger partial charge in [0.25, 0.3) is 0 Å². The van der Waals surface area contributed by atoms with E-state index in [0.717, 1.165) is 59.0 Å². The molecule has 66 heavy (non-hydrogen) atoms. The number of para-hydroxylation sites is 1. The van der Waals surface area contributed by atoms with Crippen LogP contribution in [0.5, 0.6) is 11.5 Å². The molecule has 5 aromatic rings. The fourth-order valence-corrected chi connectivity index (χ4v) is 9.36. The maximum Gasteiger partial charge on any atom is 0.534 e. The third-order valence-corrected chi connectivity index (χ3v) is 13.9. The quantitative estimate of drug-likeness (QED) is 0.0711. The Morgan fingerprint density at radius 1 is 0.515 bits per heavy atom. The minimum atomic E-state index is -6.81. The van der Waals surface area contributed by atoms with Crippen LogP contribution in [-0.2, 0) is 60.4 Å². The smallest absolute Gasteiger partial charge is 0.489 e. The molecule has 7 rings (SSSR count). The average Bonchev–Trinajstić information content (AvgIpc) is 3.25. The molecule has 354 valence electrons. The molecule has 11 nitrogen and oxygen atoms in total. The second-order valence-electron chi connectivity index (χ2n) is 14.0. The number of anilines is 1. The van der Waals surface area contributed by atoms with E-state index in [1.165, 1.54) is 12.1 Å². The summed E-state index contributed by atoms with van der Waals surface area (Å²) in [6, 6.07) is 34.0. The van der Waals surface area contributed by atoms with Crippen LogP contribution in [-0.4, -0.2) is 47.6 Å². The molecule has 0 aromatic heterocycles. The van der Waals surface area contributed by atoms with E-state index >= 15 is 0 Å². The maximum absolute atomic E-state index is 12.5. The first kappa shape index (κ1) is 50.9. The van der Waals surface area contributed by atoms with Gasteiger partial charge in [0.2, 0.25) is 0 Å². The molecule has 0 N–H and O–H groups in total. The van der Waals surface area contributed by atoms with E-state index < -0.39 is 56.1 Å². The summed E-state index contributed by atoms with van der Waals surface area (Å²) >= 11 is 0. The van der Waals surface area contributed by atoms with E-state index in [1.807, 2.05) is 78.9 Å². The largest absolute Gasteiger partial charge is 0.534 e. The van der Waals surface area contributed by atoms with Crippen LogP contribution in [0.4, 0.5) is 45.2 Å². The number of nitrogens with zero attached hydrogens (tertiary/aromatic N) is 1. The summed E-state index contributed by atoms with van der Waals surface area (Å²) in [6.07, 6.45) is 4.87. The van der Waals surface area contributed by atoms with Gasteiger partial charge in [-0.15, -0.1) is 3.71 Å². The summed E-state index contributed by atoms with van der Waals surface area (Å²) in [4.78, 5) is 11.7. The van der Waals surface area contributed by atoms with Crippen LogP contribution in [0.3, 0.4) is 0 Å². The fraction of sp³-hybridized carbons (Fsp3) is 0.233.